The van der Waals surface area contributed by atoms with Crippen molar-refractivity contribution in [3.63, 3.8) is 0 Å². The van der Waals surface area contributed by atoms with E-state index in [1.54, 1.807) is 59.9 Å². The van der Waals surface area contributed by atoms with Crippen molar-refractivity contribution in [2.75, 3.05) is 0 Å². The minimum Gasteiger partial charge on any atom is -0.357 e. The van der Waals surface area contributed by atoms with Crippen molar-refractivity contribution in [2.45, 2.75) is 69.2 Å². The Morgan fingerprint density at radius 2 is 0.950 bits per heavy atom. The molecule has 230 valence electrons. The summed E-state index contributed by atoms with van der Waals surface area (Å²) in [7, 11) is 9.43. The number of aromatic nitrogens is 11. The van der Waals surface area contributed by atoms with Crippen molar-refractivity contribution in [3.8, 4) is 0 Å². The molecule has 0 aliphatic carbocycles. The van der Waals surface area contributed by atoms with E-state index in [2.05, 4.69) is 30.6 Å². The Morgan fingerprint density at radius 3 is 1.07 bits per heavy atom. The van der Waals surface area contributed by atoms with Crippen LogP contribution in [0.25, 0.3) is 0 Å². The average Bonchev–Trinajstić information content (AvgIpc) is 3.86. The molecule has 0 aliphatic heterocycles. The van der Waals surface area contributed by atoms with Gasteiger partial charge in [-0.1, -0.05) is 74.5 Å². The predicted octanol–water partition coefficient (Wildman–Crippen LogP) is 6.63. The molecule has 40 heavy (non-hydrogen) atoms. The standard InChI is InChI=1S/C5H7N.2C4H6N2.2C3H5N3.5C2H6/c1-6-4-2-3-5-6;1-6-3-2-5-4-6;1-6-4-2-3-5-6;1-6-3-2-4-5-6;1-6-4-2-3-5-6;5*1-2/h2-5H,1H3;2*2-4H,1H3;2*2-3H,1H3;5*1-2H3. The van der Waals surface area contributed by atoms with E-state index < -0.39 is 0 Å². The van der Waals surface area contributed by atoms with Crippen LogP contribution in [-0.2, 0) is 35.2 Å². The molecule has 0 unspecified atom stereocenters. The van der Waals surface area contributed by atoms with Crippen molar-refractivity contribution in [2.24, 2.45) is 35.2 Å². The third-order valence-electron chi connectivity index (χ3n) is 3.10. The molecule has 0 saturated heterocycles. The lowest BCUT2D eigenvalue weighted by molar-refractivity contribution is 0.654. The van der Waals surface area contributed by atoms with Crippen LogP contribution in [0.1, 0.15) is 69.2 Å². The predicted molar refractivity (Wildman–Crippen MR) is 171 cm³/mol. The summed E-state index contributed by atoms with van der Waals surface area (Å²) >= 11 is 0. The summed E-state index contributed by atoms with van der Waals surface area (Å²) in [4.78, 5) is 5.28. The number of aryl methyl sites for hydroxylation is 5. The molecule has 11 nitrogen and oxygen atoms in total. The Kier molecular flexibility index (Phi) is 48.3. The molecule has 0 bridgehead atoms. The van der Waals surface area contributed by atoms with E-state index in [1.165, 1.54) is 4.80 Å². The molecule has 0 N–H and O–H groups in total. The first-order valence-electron chi connectivity index (χ1n) is 14.0. The van der Waals surface area contributed by atoms with Crippen LogP contribution in [0.15, 0.2) is 86.5 Å². The second-order valence-electron chi connectivity index (χ2n) is 5.85. The van der Waals surface area contributed by atoms with Crippen LogP contribution < -0.4 is 0 Å². The molecule has 0 atom stereocenters. The van der Waals surface area contributed by atoms with Gasteiger partial charge in [0.15, 0.2) is 0 Å². The highest BCUT2D eigenvalue weighted by Crippen LogP contribution is 1.80. The van der Waals surface area contributed by atoms with E-state index in [1.807, 2.05) is 150 Å². The van der Waals surface area contributed by atoms with Crippen molar-refractivity contribution < 1.29 is 0 Å². The highest BCUT2D eigenvalue weighted by Gasteiger charge is 1.72. The van der Waals surface area contributed by atoms with E-state index >= 15 is 0 Å². The Bertz CT molecular complexity index is 739. The fourth-order valence-electron chi connectivity index (χ4n) is 1.64. The summed E-state index contributed by atoms with van der Waals surface area (Å²) in [5.41, 5.74) is 0. The van der Waals surface area contributed by atoms with Gasteiger partial charge in [0.05, 0.1) is 24.9 Å². The van der Waals surface area contributed by atoms with Crippen LogP contribution in [0.4, 0.5) is 0 Å². The lowest BCUT2D eigenvalue weighted by Crippen LogP contribution is -1.89. The molecule has 0 amide bonds. The van der Waals surface area contributed by atoms with Gasteiger partial charge in [-0.05, 0) is 18.2 Å². The average molecular weight is 562 g/mol. The maximum absolute atomic E-state index is 3.83. The summed E-state index contributed by atoms with van der Waals surface area (Å²) in [6, 6.07) is 5.89. The molecular formula is C29H59N11. The van der Waals surface area contributed by atoms with E-state index in [-0.39, 0.29) is 0 Å². The highest BCUT2D eigenvalue weighted by atomic mass is 15.4. The fraction of sp³-hybridized carbons (Fsp3) is 0.517. The maximum Gasteiger partial charge on any atom is 0.0943 e. The Morgan fingerprint density at radius 1 is 0.425 bits per heavy atom. The third kappa shape index (κ3) is 38.5. The second-order valence-corrected chi connectivity index (χ2v) is 5.85. The molecule has 5 rings (SSSR count). The summed E-state index contributed by atoms with van der Waals surface area (Å²) < 4.78 is 7.28. The minimum atomic E-state index is 1.50. The Hall–Kier alpha value is -4.02. The first kappa shape index (κ1) is 45.9. The second kappa shape index (κ2) is 42.1. The molecule has 0 aromatic carbocycles. The number of rotatable bonds is 0. The van der Waals surface area contributed by atoms with Gasteiger partial charge in [-0.3, -0.25) is 9.36 Å². The summed E-state index contributed by atoms with van der Waals surface area (Å²) in [5.74, 6) is 0. The van der Waals surface area contributed by atoms with Crippen LogP contribution in [0.3, 0.4) is 0 Å². The van der Waals surface area contributed by atoms with Gasteiger partial charge in [0, 0.05) is 78.6 Å². The Balaban J connectivity index is -0.000000118. The van der Waals surface area contributed by atoms with E-state index in [0.29, 0.717) is 0 Å². The lowest BCUT2D eigenvalue weighted by Gasteiger charge is -1.79. The largest absolute Gasteiger partial charge is 0.357 e. The van der Waals surface area contributed by atoms with Crippen molar-refractivity contribution in [3.05, 3.63) is 86.5 Å². The molecule has 0 radical (unpaired) electrons. The van der Waals surface area contributed by atoms with Crippen LogP contribution >= 0.6 is 0 Å². The van der Waals surface area contributed by atoms with E-state index in [9.17, 15) is 0 Å². The van der Waals surface area contributed by atoms with Gasteiger partial charge in [-0.2, -0.15) is 20.1 Å². The first-order valence-corrected chi connectivity index (χ1v) is 14.0. The van der Waals surface area contributed by atoms with Crippen molar-refractivity contribution in [1.29, 1.82) is 0 Å². The van der Waals surface area contributed by atoms with Crippen LogP contribution in [0, 0.1) is 0 Å². The monoisotopic (exact) mass is 561 g/mol. The van der Waals surface area contributed by atoms with Gasteiger partial charge in [-0.15, -0.1) is 5.10 Å². The molecule has 5 heterocycles. The molecule has 5 aromatic rings. The number of nitrogens with zero attached hydrogens (tertiary/aromatic N) is 11. The Labute approximate surface area is 244 Å². The SMILES string of the molecule is CC.CC.CC.CC.CC.Cn1cccc1.Cn1cccn1.Cn1ccnc1.Cn1ccnn1.Cn1nccn1. The molecule has 5 aromatic heterocycles. The zero-order valence-electron chi connectivity index (χ0n) is 28.0. The number of hydrogen-bond donors (Lipinski definition) is 0. The minimum absolute atomic E-state index is 1.50. The summed E-state index contributed by atoms with van der Waals surface area (Å²) in [6.45, 7) is 20.0. The quantitative estimate of drug-likeness (QED) is 0.210. The lowest BCUT2D eigenvalue weighted by atomic mass is 10.7. The topological polar surface area (TPSA) is 102 Å². The molecule has 0 spiro atoms. The zero-order valence-corrected chi connectivity index (χ0v) is 28.0. The van der Waals surface area contributed by atoms with Crippen LogP contribution in [0.5, 0.6) is 0 Å². The molecular weight excluding hydrogens is 502 g/mol. The van der Waals surface area contributed by atoms with Crippen molar-refractivity contribution in [1.82, 2.24) is 53.9 Å². The van der Waals surface area contributed by atoms with Crippen LogP contribution in [-0.4, -0.2) is 53.9 Å². The van der Waals surface area contributed by atoms with Crippen LogP contribution in [0.2, 0.25) is 0 Å². The van der Waals surface area contributed by atoms with Gasteiger partial charge in [0.25, 0.3) is 0 Å². The number of hydrogen-bond acceptors (Lipinski definition) is 6. The van der Waals surface area contributed by atoms with Gasteiger partial charge >= 0.3 is 0 Å². The van der Waals surface area contributed by atoms with E-state index in [4.69, 9.17) is 0 Å². The maximum atomic E-state index is 3.83. The molecule has 0 aliphatic rings. The zero-order chi connectivity index (χ0) is 32.0. The summed E-state index contributed by atoms with van der Waals surface area (Å²) in [5, 5.41) is 18.4. The smallest absolute Gasteiger partial charge is 0.0943 e. The normalized spacial score (nSPS) is 7.38. The summed E-state index contributed by atoms with van der Waals surface area (Å²) in [6.07, 6.45) is 19.7. The van der Waals surface area contributed by atoms with Gasteiger partial charge in [-0.25, -0.2) is 4.98 Å². The van der Waals surface area contributed by atoms with Gasteiger partial charge < -0.3 is 9.13 Å². The number of imidazole rings is 1. The van der Waals surface area contributed by atoms with Crippen molar-refractivity contribution >= 4 is 0 Å². The molecule has 0 saturated carbocycles. The highest BCUT2D eigenvalue weighted by molar-refractivity contribution is 4.88. The molecule has 0 fully saturated rings. The fourth-order valence-corrected chi connectivity index (χ4v) is 1.64. The third-order valence-corrected chi connectivity index (χ3v) is 3.10. The van der Waals surface area contributed by atoms with E-state index in [0.717, 1.165) is 0 Å². The first-order chi connectivity index (χ1) is 19.5. The van der Waals surface area contributed by atoms with Gasteiger partial charge in [0.1, 0.15) is 0 Å². The molecule has 11 heteroatoms. The van der Waals surface area contributed by atoms with Gasteiger partial charge in [0.2, 0.25) is 0 Å².